The van der Waals surface area contributed by atoms with Gasteiger partial charge < -0.3 is 20.6 Å². The highest BCUT2D eigenvalue weighted by atomic mass is 16.3. The Kier molecular flexibility index (Phi) is 6.99. The predicted molar refractivity (Wildman–Crippen MR) is 71.1 cm³/mol. The van der Waals surface area contributed by atoms with E-state index in [0.29, 0.717) is 0 Å². The molecule has 1 saturated heterocycles. The van der Waals surface area contributed by atoms with E-state index in [0.717, 1.165) is 52.2 Å². The van der Waals surface area contributed by atoms with Crippen molar-refractivity contribution in [1.29, 1.82) is 0 Å². The third-order valence-electron chi connectivity index (χ3n) is 3.38. The van der Waals surface area contributed by atoms with Crippen molar-refractivity contribution in [2.75, 3.05) is 66.5 Å². The average Bonchev–Trinajstić information content (AvgIpc) is 2.34. The number of nitrogens with zero attached hydrogens (tertiary/aromatic N) is 3. The van der Waals surface area contributed by atoms with Crippen LogP contribution < -0.4 is 5.73 Å². The third-order valence-corrected chi connectivity index (χ3v) is 3.38. The van der Waals surface area contributed by atoms with Gasteiger partial charge in [-0.3, -0.25) is 4.90 Å². The molecule has 0 aliphatic carbocycles. The zero-order valence-corrected chi connectivity index (χ0v) is 11.3. The molecule has 0 amide bonds. The van der Waals surface area contributed by atoms with Crippen LogP contribution in [0, 0.1) is 0 Å². The Hall–Kier alpha value is -0.200. The van der Waals surface area contributed by atoms with Gasteiger partial charge in [0.25, 0.3) is 0 Å². The molecule has 17 heavy (non-hydrogen) atoms. The van der Waals surface area contributed by atoms with Crippen LogP contribution in [0.3, 0.4) is 0 Å². The van der Waals surface area contributed by atoms with Gasteiger partial charge in [0.1, 0.15) is 0 Å². The summed E-state index contributed by atoms with van der Waals surface area (Å²) in [5, 5.41) is 8.87. The van der Waals surface area contributed by atoms with Crippen LogP contribution in [-0.4, -0.2) is 92.4 Å². The molecular weight excluding hydrogens is 216 g/mol. The van der Waals surface area contributed by atoms with Gasteiger partial charge in [-0.25, -0.2) is 0 Å². The van der Waals surface area contributed by atoms with Gasteiger partial charge in [0.15, 0.2) is 0 Å². The Morgan fingerprint density at radius 3 is 2.12 bits per heavy atom. The molecule has 0 spiro atoms. The summed E-state index contributed by atoms with van der Waals surface area (Å²) in [7, 11) is 4.24. The lowest BCUT2D eigenvalue weighted by Crippen LogP contribution is -2.48. The van der Waals surface area contributed by atoms with Crippen molar-refractivity contribution in [2.24, 2.45) is 5.73 Å². The standard InChI is InChI=1S/C12H28N4O/c1-14(2)5-6-16-9-7-15(8-10-16)4-3-12(13)11-17/h12,17H,3-11,13H2,1-2H3. The van der Waals surface area contributed by atoms with E-state index in [2.05, 4.69) is 28.8 Å². The molecule has 1 rings (SSSR count). The number of piperazine rings is 1. The number of hydrogen-bond acceptors (Lipinski definition) is 5. The smallest absolute Gasteiger partial charge is 0.0583 e. The molecule has 102 valence electrons. The molecule has 1 unspecified atom stereocenters. The lowest BCUT2D eigenvalue weighted by molar-refractivity contribution is 0.120. The van der Waals surface area contributed by atoms with Crippen molar-refractivity contribution in [3.8, 4) is 0 Å². The molecule has 0 aromatic carbocycles. The van der Waals surface area contributed by atoms with Crippen molar-refractivity contribution in [3.63, 3.8) is 0 Å². The minimum Gasteiger partial charge on any atom is -0.395 e. The van der Waals surface area contributed by atoms with Gasteiger partial charge in [0.2, 0.25) is 0 Å². The van der Waals surface area contributed by atoms with Crippen molar-refractivity contribution >= 4 is 0 Å². The van der Waals surface area contributed by atoms with Crippen molar-refractivity contribution < 1.29 is 5.11 Å². The number of rotatable bonds is 7. The fraction of sp³-hybridized carbons (Fsp3) is 1.00. The van der Waals surface area contributed by atoms with Crippen LogP contribution in [-0.2, 0) is 0 Å². The number of nitrogens with two attached hydrogens (primary N) is 1. The lowest BCUT2D eigenvalue weighted by atomic mass is 10.2. The number of hydrogen-bond donors (Lipinski definition) is 2. The Balaban J connectivity index is 2.09. The highest BCUT2D eigenvalue weighted by Crippen LogP contribution is 2.03. The van der Waals surface area contributed by atoms with Crippen molar-refractivity contribution in [1.82, 2.24) is 14.7 Å². The maximum absolute atomic E-state index is 8.87. The normalized spacial score (nSPS) is 21.0. The maximum atomic E-state index is 8.87. The van der Waals surface area contributed by atoms with E-state index >= 15 is 0 Å². The molecule has 1 aliphatic rings. The average molecular weight is 244 g/mol. The summed E-state index contributed by atoms with van der Waals surface area (Å²) in [5.41, 5.74) is 5.71. The van der Waals surface area contributed by atoms with Gasteiger partial charge in [-0.05, 0) is 27.1 Å². The highest BCUT2D eigenvalue weighted by molar-refractivity contribution is 4.73. The van der Waals surface area contributed by atoms with Crippen molar-refractivity contribution in [2.45, 2.75) is 12.5 Å². The number of aliphatic hydroxyl groups is 1. The van der Waals surface area contributed by atoms with Crippen LogP contribution in [0.5, 0.6) is 0 Å². The van der Waals surface area contributed by atoms with E-state index in [4.69, 9.17) is 10.8 Å². The van der Waals surface area contributed by atoms with Gasteiger partial charge in [-0.15, -0.1) is 0 Å². The zero-order valence-electron chi connectivity index (χ0n) is 11.3. The fourth-order valence-electron chi connectivity index (χ4n) is 2.02. The molecule has 5 nitrogen and oxygen atoms in total. The second-order valence-corrected chi connectivity index (χ2v) is 5.22. The Morgan fingerprint density at radius 1 is 1.12 bits per heavy atom. The molecule has 1 heterocycles. The topological polar surface area (TPSA) is 56.0 Å². The lowest BCUT2D eigenvalue weighted by Gasteiger charge is -2.35. The SMILES string of the molecule is CN(C)CCN1CCN(CCC(N)CO)CC1. The van der Waals surface area contributed by atoms with Crippen molar-refractivity contribution in [3.05, 3.63) is 0 Å². The summed E-state index contributed by atoms with van der Waals surface area (Å²) in [6, 6.07) is -0.0539. The maximum Gasteiger partial charge on any atom is 0.0583 e. The second-order valence-electron chi connectivity index (χ2n) is 5.22. The summed E-state index contributed by atoms with van der Waals surface area (Å²) in [6.07, 6.45) is 0.897. The van der Waals surface area contributed by atoms with Crippen LogP contribution in [0.2, 0.25) is 0 Å². The van der Waals surface area contributed by atoms with E-state index in [9.17, 15) is 0 Å². The van der Waals surface area contributed by atoms with Crippen LogP contribution in [0.1, 0.15) is 6.42 Å². The molecule has 1 atom stereocenters. The largest absolute Gasteiger partial charge is 0.395 e. The van der Waals surface area contributed by atoms with Crippen LogP contribution in [0.4, 0.5) is 0 Å². The molecule has 1 aliphatic heterocycles. The summed E-state index contributed by atoms with van der Waals surface area (Å²) < 4.78 is 0. The molecule has 3 N–H and O–H groups in total. The summed E-state index contributed by atoms with van der Waals surface area (Å²) in [5.74, 6) is 0. The summed E-state index contributed by atoms with van der Waals surface area (Å²) in [4.78, 5) is 7.19. The monoisotopic (exact) mass is 244 g/mol. The van der Waals surface area contributed by atoms with Gasteiger partial charge in [-0.2, -0.15) is 0 Å². The minimum atomic E-state index is -0.0539. The molecule has 0 saturated carbocycles. The predicted octanol–water partition coefficient (Wildman–Crippen LogP) is -1.12. The molecule has 0 bridgehead atoms. The first-order valence-electron chi connectivity index (χ1n) is 6.57. The molecule has 0 aromatic rings. The van der Waals surface area contributed by atoms with Gasteiger partial charge in [0, 0.05) is 45.3 Å². The van der Waals surface area contributed by atoms with Crippen LogP contribution in [0.25, 0.3) is 0 Å². The molecule has 0 aromatic heterocycles. The third kappa shape index (κ3) is 6.33. The molecule has 0 radical (unpaired) electrons. The number of likely N-dealkylation sites (N-methyl/N-ethyl adjacent to an activating group) is 1. The first-order chi connectivity index (χ1) is 8.11. The zero-order chi connectivity index (χ0) is 12.7. The van der Waals surface area contributed by atoms with E-state index in [-0.39, 0.29) is 12.6 Å². The minimum absolute atomic E-state index is 0.0539. The Morgan fingerprint density at radius 2 is 1.65 bits per heavy atom. The molecular formula is C12H28N4O. The van der Waals surface area contributed by atoms with Gasteiger partial charge in [-0.1, -0.05) is 0 Å². The summed E-state index contributed by atoms with van der Waals surface area (Å²) in [6.45, 7) is 7.99. The van der Waals surface area contributed by atoms with E-state index < -0.39 is 0 Å². The second kappa shape index (κ2) is 8.00. The first kappa shape index (κ1) is 14.9. The van der Waals surface area contributed by atoms with E-state index in [1.807, 2.05) is 0 Å². The van der Waals surface area contributed by atoms with Gasteiger partial charge >= 0.3 is 0 Å². The molecule has 1 fully saturated rings. The van der Waals surface area contributed by atoms with Crippen LogP contribution >= 0.6 is 0 Å². The quantitative estimate of drug-likeness (QED) is 0.594. The van der Waals surface area contributed by atoms with Crippen LogP contribution in [0.15, 0.2) is 0 Å². The molecule has 5 heteroatoms. The Labute approximate surface area is 105 Å². The Bertz CT molecular complexity index is 193. The fourth-order valence-corrected chi connectivity index (χ4v) is 2.02. The van der Waals surface area contributed by atoms with E-state index in [1.54, 1.807) is 0 Å². The van der Waals surface area contributed by atoms with E-state index in [1.165, 1.54) is 0 Å². The summed E-state index contributed by atoms with van der Waals surface area (Å²) >= 11 is 0. The number of aliphatic hydroxyl groups excluding tert-OH is 1. The first-order valence-corrected chi connectivity index (χ1v) is 6.57. The highest BCUT2D eigenvalue weighted by Gasteiger charge is 2.16. The van der Waals surface area contributed by atoms with Gasteiger partial charge in [0.05, 0.1) is 6.61 Å².